The Morgan fingerprint density at radius 1 is 0.952 bits per heavy atom. The van der Waals surface area contributed by atoms with Crippen LogP contribution in [0.25, 0.3) is 11.3 Å². The molecule has 2 nitrogen and oxygen atoms in total. The average Bonchev–Trinajstić information content (AvgIpc) is 2.96. The number of halogens is 1. The maximum absolute atomic E-state index is 6.18. The second kappa shape index (κ2) is 6.06. The van der Waals surface area contributed by atoms with Crippen LogP contribution < -0.4 is 5.32 Å². The van der Waals surface area contributed by atoms with E-state index in [4.69, 9.17) is 16.0 Å². The summed E-state index contributed by atoms with van der Waals surface area (Å²) in [6, 6.07) is 19.9. The predicted octanol–water partition coefficient (Wildman–Crippen LogP) is 5.52. The monoisotopic (exact) mass is 297 g/mol. The number of aryl methyl sites for hydroxylation is 1. The third kappa shape index (κ3) is 3.29. The summed E-state index contributed by atoms with van der Waals surface area (Å²) in [7, 11) is 0. The smallest absolute Gasteiger partial charge is 0.135 e. The maximum Gasteiger partial charge on any atom is 0.135 e. The third-order valence-corrected chi connectivity index (χ3v) is 3.65. The van der Waals surface area contributed by atoms with Crippen molar-refractivity contribution in [3.8, 4) is 11.3 Å². The Labute approximate surface area is 129 Å². The second-order valence-corrected chi connectivity index (χ2v) is 5.37. The van der Waals surface area contributed by atoms with Gasteiger partial charge in [-0.2, -0.15) is 0 Å². The largest absolute Gasteiger partial charge is 0.459 e. The molecule has 0 unspecified atom stereocenters. The van der Waals surface area contributed by atoms with Gasteiger partial charge in [0.2, 0.25) is 0 Å². The van der Waals surface area contributed by atoms with Gasteiger partial charge in [0.25, 0.3) is 0 Å². The third-order valence-electron chi connectivity index (χ3n) is 3.32. The molecule has 0 bridgehead atoms. The van der Waals surface area contributed by atoms with Gasteiger partial charge in [-0.25, -0.2) is 0 Å². The molecule has 1 N–H and O–H groups in total. The fraction of sp³-hybridized carbons (Fsp3) is 0.111. The van der Waals surface area contributed by atoms with Crippen LogP contribution in [-0.4, -0.2) is 0 Å². The Hall–Kier alpha value is -2.19. The van der Waals surface area contributed by atoms with Gasteiger partial charge in [0, 0.05) is 11.3 Å². The van der Waals surface area contributed by atoms with Gasteiger partial charge in [-0.3, -0.25) is 0 Å². The summed E-state index contributed by atoms with van der Waals surface area (Å²) in [5, 5.41) is 4.04. The molecule has 0 aliphatic rings. The minimum atomic E-state index is 0.646. The molecule has 1 heterocycles. The van der Waals surface area contributed by atoms with E-state index in [0.717, 1.165) is 22.8 Å². The van der Waals surface area contributed by atoms with Crippen LogP contribution >= 0.6 is 11.6 Å². The van der Waals surface area contributed by atoms with E-state index in [1.54, 1.807) is 0 Å². The molecule has 0 aliphatic heterocycles. The molecule has 2 aromatic carbocycles. The minimum Gasteiger partial charge on any atom is -0.459 e. The Morgan fingerprint density at radius 3 is 2.48 bits per heavy atom. The molecular weight excluding hydrogens is 282 g/mol. The van der Waals surface area contributed by atoms with E-state index in [1.807, 2.05) is 36.4 Å². The highest BCUT2D eigenvalue weighted by Gasteiger charge is 2.07. The predicted molar refractivity (Wildman–Crippen MR) is 87.7 cm³/mol. The molecular formula is C18H16ClNO. The van der Waals surface area contributed by atoms with Crippen LogP contribution in [0.3, 0.4) is 0 Å². The zero-order valence-electron chi connectivity index (χ0n) is 11.8. The van der Waals surface area contributed by atoms with Crippen molar-refractivity contribution in [3.05, 3.63) is 77.0 Å². The van der Waals surface area contributed by atoms with Crippen LogP contribution in [0.1, 0.15) is 11.3 Å². The van der Waals surface area contributed by atoms with Crippen molar-refractivity contribution < 1.29 is 4.42 Å². The van der Waals surface area contributed by atoms with Crippen LogP contribution in [0.5, 0.6) is 0 Å². The molecule has 0 saturated heterocycles. The van der Waals surface area contributed by atoms with Crippen molar-refractivity contribution in [3.63, 3.8) is 0 Å². The molecule has 21 heavy (non-hydrogen) atoms. The summed E-state index contributed by atoms with van der Waals surface area (Å²) in [5.74, 6) is 1.67. The highest BCUT2D eigenvalue weighted by molar-refractivity contribution is 6.33. The Bertz CT molecular complexity index is 731. The quantitative estimate of drug-likeness (QED) is 0.686. The van der Waals surface area contributed by atoms with E-state index in [1.165, 1.54) is 5.56 Å². The first-order valence-electron chi connectivity index (χ1n) is 6.86. The van der Waals surface area contributed by atoms with Gasteiger partial charge < -0.3 is 9.73 Å². The van der Waals surface area contributed by atoms with Crippen LogP contribution in [0.2, 0.25) is 5.02 Å². The maximum atomic E-state index is 6.18. The topological polar surface area (TPSA) is 25.2 Å². The van der Waals surface area contributed by atoms with Crippen molar-refractivity contribution in [1.82, 2.24) is 0 Å². The summed E-state index contributed by atoms with van der Waals surface area (Å²) in [6.07, 6.45) is 0. The summed E-state index contributed by atoms with van der Waals surface area (Å²) in [5.41, 5.74) is 3.25. The first kappa shape index (κ1) is 13.8. The standard InChI is InChI=1S/C18H16ClNO/c1-13-6-8-14(9-7-13)20-12-15-10-11-18(21-15)16-4-2-3-5-17(16)19/h2-11,20H,12H2,1H3. The zero-order valence-corrected chi connectivity index (χ0v) is 12.5. The highest BCUT2D eigenvalue weighted by atomic mass is 35.5. The summed E-state index contributed by atoms with van der Waals surface area (Å²) in [6.45, 7) is 2.72. The second-order valence-electron chi connectivity index (χ2n) is 4.97. The lowest BCUT2D eigenvalue weighted by molar-refractivity contribution is 0.531. The van der Waals surface area contributed by atoms with Crippen molar-refractivity contribution in [2.45, 2.75) is 13.5 Å². The van der Waals surface area contributed by atoms with E-state index in [2.05, 4.69) is 36.5 Å². The fourth-order valence-electron chi connectivity index (χ4n) is 2.14. The van der Waals surface area contributed by atoms with Gasteiger partial charge in [0.15, 0.2) is 0 Å². The fourth-order valence-corrected chi connectivity index (χ4v) is 2.37. The molecule has 0 saturated carbocycles. The lowest BCUT2D eigenvalue weighted by atomic mass is 10.2. The molecule has 0 radical (unpaired) electrons. The van der Waals surface area contributed by atoms with E-state index in [9.17, 15) is 0 Å². The van der Waals surface area contributed by atoms with Crippen LogP contribution in [0.4, 0.5) is 5.69 Å². The highest BCUT2D eigenvalue weighted by Crippen LogP contribution is 2.29. The summed E-state index contributed by atoms with van der Waals surface area (Å²) < 4.78 is 5.85. The van der Waals surface area contributed by atoms with Crippen molar-refractivity contribution in [1.29, 1.82) is 0 Å². The van der Waals surface area contributed by atoms with Gasteiger partial charge >= 0.3 is 0 Å². The normalized spacial score (nSPS) is 10.6. The minimum absolute atomic E-state index is 0.646. The molecule has 0 atom stereocenters. The number of hydrogen-bond acceptors (Lipinski definition) is 2. The number of furan rings is 1. The van der Waals surface area contributed by atoms with Crippen molar-refractivity contribution in [2.75, 3.05) is 5.32 Å². The summed E-state index contributed by atoms with van der Waals surface area (Å²) >= 11 is 6.18. The molecule has 3 rings (SSSR count). The van der Waals surface area contributed by atoms with Gasteiger partial charge in [0.05, 0.1) is 11.6 Å². The number of benzene rings is 2. The van der Waals surface area contributed by atoms with E-state index >= 15 is 0 Å². The molecule has 1 aromatic heterocycles. The van der Waals surface area contributed by atoms with Gasteiger partial charge in [-0.15, -0.1) is 0 Å². The first-order valence-corrected chi connectivity index (χ1v) is 7.24. The Morgan fingerprint density at radius 2 is 1.71 bits per heavy atom. The van der Waals surface area contributed by atoms with E-state index in [0.29, 0.717) is 11.6 Å². The van der Waals surface area contributed by atoms with Crippen molar-refractivity contribution in [2.24, 2.45) is 0 Å². The zero-order chi connectivity index (χ0) is 14.7. The number of anilines is 1. The number of hydrogen-bond donors (Lipinski definition) is 1. The van der Waals surface area contributed by atoms with Crippen LogP contribution in [0, 0.1) is 6.92 Å². The molecule has 0 aliphatic carbocycles. The van der Waals surface area contributed by atoms with Gasteiger partial charge in [-0.1, -0.05) is 41.4 Å². The van der Waals surface area contributed by atoms with E-state index < -0.39 is 0 Å². The number of nitrogens with one attached hydrogen (secondary N) is 1. The summed E-state index contributed by atoms with van der Waals surface area (Å²) in [4.78, 5) is 0. The molecule has 106 valence electrons. The lowest BCUT2D eigenvalue weighted by Gasteiger charge is -2.05. The van der Waals surface area contributed by atoms with E-state index in [-0.39, 0.29) is 0 Å². The van der Waals surface area contributed by atoms with Gasteiger partial charge in [-0.05, 0) is 43.3 Å². The lowest BCUT2D eigenvalue weighted by Crippen LogP contribution is -1.97. The van der Waals surface area contributed by atoms with Gasteiger partial charge in [0.1, 0.15) is 11.5 Å². The van der Waals surface area contributed by atoms with Crippen LogP contribution in [0.15, 0.2) is 65.1 Å². The Balaban J connectivity index is 1.71. The molecule has 0 fully saturated rings. The SMILES string of the molecule is Cc1ccc(NCc2ccc(-c3ccccc3Cl)o2)cc1. The molecule has 0 spiro atoms. The first-order chi connectivity index (χ1) is 10.2. The average molecular weight is 298 g/mol. The molecule has 3 aromatic rings. The molecule has 3 heteroatoms. The number of rotatable bonds is 4. The Kier molecular flexibility index (Phi) is 3.98. The molecule has 0 amide bonds. The van der Waals surface area contributed by atoms with Crippen LogP contribution in [-0.2, 0) is 6.54 Å². The van der Waals surface area contributed by atoms with Crippen molar-refractivity contribution >= 4 is 17.3 Å².